The number of esters is 2. The number of rotatable bonds is 6. The summed E-state index contributed by atoms with van der Waals surface area (Å²) in [6.07, 6.45) is -1.70. The molecular formula is C24H24O8. The zero-order valence-corrected chi connectivity index (χ0v) is 18.0. The van der Waals surface area contributed by atoms with Gasteiger partial charge in [0.05, 0.1) is 25.7 Å². The minimum atomic E-state index is -0.927. The van der Waals surface area contributed by atoms with Crippen LogP contribution in [0.5, 0.6) is 17.2 Å². The fraction of sp³-hybridized carbons (Fsp3) is 0.333. The van der Waals surface area contributed by atoms with E-state index in [9.17, 15) is 14.7 Å². The van der Waals surface area contributed by atoms with E-state index in [0.29, 0.717) is 22.8 Å². The van der Waals surface area contributed by atoms with E-state index in [0.717, 1.165) is 5.56 Å². The third-order valence-electron chi connectivity index (χ3n) is 5.61. The molecular weight excluding hydrogens is 416 g/mol. The van der Waals surface area contributed by atoms with Gasteiger partial charge in [0.2, 0.25) is 0 Å². The predicted octanol–water partition coefficient (Wildman–Crippen LogP) is 3.44. The molecule has 1 N–H and O–H groups in total. The zero-order chi connectivity index (χ0) is 22.8. The molecule has 1 aliphatic carbocycles. The van der Waals surface area contributed by atoms with Crippen molar-refractivity contribution in [3.8, 4) is 17.2 Å². The molecule has 1 heterocycles. The molecule has 0 spiro atoms. The Morgan fingerprint density at radius 3 is 2.53 bits per heavy atom. The molecule has 0 saturated carbocycles. The van der Waals surface area contributed by atoms with Crippen LogP contribution in [0, 0.1) is 0 Å². The van der Waals surface area contributed by atoms with E-state index in [1.54, 1.807) is 12.1 Å². The Morgan fingerprint density at radius 2 is 1.88 bits per heavy atom. The molecule has 32 heavy (non-hydrogen) atoms. The fourth-order valence-corrected chi connectivity index (χ4v) is 4.19. The van der Waals surface area contributed by atoms with E-state index >= 15 is 0 Å². The number of aliphatic hydroxyl groups is 1. The van der Waals surface area contributed by atoms with Crippen LogP contribution in [-0.4, -0.2) is 43.5 Å². The Balaban J connectivity index is 1.68. The van der Waals surface area contributed by atoms with Crippen LogP contribution in [0.1, 0.15) is 30.4 Å². The number of methoxy groups -OCH3 is 2. The molecule has 3 atom stereocenters. The molecule has 0 radical (unpaired) electrons. The third-order valence-corrected chi connectivity index (χ3v) is 5.61. The molecule has 2 aliphatic rings. The molecule has 0 bridgehead atoms. The van der Waals surface area contributed by atoms with Crippen molar-refractivity contribution in [3.05, 3.63) is 64.9 Å². The first-order valence-electron chi connectivity index (χ1n) is 10.2. The van der Waals surface area contributed by atoms with Crippen LogP contribution in [0.3, 0.4) is 0 Å². The lowest BCUT2D eigenvalue weighted by Gasteiger charge is -2.33. The van der Waals surface area contributed by atoms with Crippen molar-refractivity contribution in [2.75, 3.05) is 14.2 Å². The number of carbonyl (C=O) groups is 2. The molecule has 2 aromatic carbocycles. The first-order chi connectivity index (χ1) is 15.4. The van der Waals surface area contributed by atoms with Gasteiger partial charge >= 0.3 is 11.9 Å². The minimum absolute atomic E-state index is 0.0157. The van der Waals surface area contributed by atoms with E-state index in [4.69, 9.17) is 23.7 Å². The van der Waals surface area contributed by atoms with E-state index in [-0.39, 0.29) is 24.4 Å². The second-order valence-electron chi connectivity index (χ2n) is 7.58. The molecule has 4 rings (SSSR count). The lowest BCUT2D eigenvalue weighted by Crippen LogP contribution is -2.40. The largest absolute Gasteiger partial charge is 0.508 e. The Labute approximate surface area is 185 Å². The summed E-state index contributed by atoms with van der Waals surface area (Å²) in [5, 5.41) is 11.0. The number of hydrogen-bond donors (Lipinski definition) is 1. The van der Waals surface area contributed by atoms with E-state index in [2.05, 4.69) is 0 Å². The average Bonchev–Trinajstić information content (AvgIpc) is 3.19. The molecule has 8 nitrogen and oxygen atoms in total. The van der Waals surface area contributed by atoms with Gasteiger partial charge in [-0.3, -0.25) is 4.79 Å². The van der Waals surface area contributed by atoms with Crippen molar-refractivity contribution in [2.24, 2.45) is 0 Å². The van der Waals surface area contributed by atoms with Gasteiger partial charge in [-0.05, 0) is 5.56 Å². The summed E-state index contributed by atoms with van der Waals surface area (Å²) < 4.78 is 27.7. The molecule has 0 unspecified atom stereocenters. The quantitative estimate of drug-likeness (QED) is 0.682. The maximum atomic E-state index is 12.8. The van der Waals surface area contributed by atoms with Crippen molar-refractivity contribution in [1.82, 2.24) is 0 Å². The van der Waals surface area contributed by atoms with Gasteiger partial charge in [-0.1, -0.05) is 30.3 Å². The fourth-order valence-electron chi connectivity index (χ4n) is 4.19. The predicted molar refractivity (Wildman–Crippen MR) is 113 cm³/mol. The number of ether oxygens (including phenoxy) is 5. The molecule has 0 amide bonds. The van der Waals surface area contributed by atoms with Crippen LogP contribution in [0.2, 0.25) is 0 Å². The number of hydrogen-bond acceptors (Lipinski definition) is 8. The zero-order valence-electron chi connectivity index (χ0n) is 18.0. The highest BCUT2D eigenvalue weighted by atomic mass is 16.6. The molecule has 168 valence electrons. The Hall–Kier alpha value is -3.68. The Kier molecular flexibility index (Phi) is 5.94. The molecule has 0 fully saturated rings. The van der Waals surface area contributed by atoms with Crippen molar-refractivity contribution >= 4 is 11.9 Å². The molecule has 0 aromatic heterocycles. The summed E-state index contributed by atoms with van der Waals surface area (Å²) in [5.74, 6) is -0.576. The van der Waals surface area contributed by atoms with Crippen LogP contribution >= 0.6 is 0 Å². The maximum absolute atomic E-state index is 12.8. The summed E-state index contributed by atoms with van der Waals surface area (Å²) in [5.41, 5.74) is 1.48. The lowest BCUT2D eigenvalue weighted by atomic mass is 9.79. The second-order valence-corrected chi connectivity index (χ2v) is 7.58. The standard InChI is InChI=1S/C24H24O8/c1-13(25)31-19-11-16(24(27)30-12-14-7-5-4-6-8-14)22(26)23-21(19)20-17(29-3)9-15(28-2)10-18(20)32-23/h4-10,19,21,23,26H,11-12H2,1-3H3/t19-,21-,23+/m1/s1. The van der Waals surface area contributed by atoms with Crippen LogP contribution < -0.4 is 14.2 Å². The monoisotopic (exact) mass is 440 g/mol. The summed E-state index contributed by atoms with van der Waals surface area (Å²) in [6, 6.07) is 12.6. The molecule has 1 aliphatic heterocycles. The smallest absolute Gasteiger partial charge is 0.338 e. The first kappa shape index (κ1) is 21.5. The molecule has 2 aromatic rings. The van der Waals surface area contributed by atoms with Gasteiger partial charge in [0.1, 0.15) is 35.7 Å². The Morgan fingerprint density at radius 1 is 1.12 bits per heavy atom. The SMILES string of the molecule is COc1cc(OC)c2c(c1)O[C@@H]1C(O)=C(C(=O)OCc3ccccc3)C[C@@H](OC(C)=O)[C@H]21. The highest BCUT2D eigenvalue weighted by Crippen LogP contribution is 2.53. The van der Waals surface area contributed by atoms with Crippen LogP contribution in [0.4, 0.5) is 0 Å². The van der Waals surface area contributed by atoms with Crippen molar-refractivity contribution in [2.45, 2.75) is 38.1 Å². The van der Waals surface area contributed by atoms with Gasteiger partial charge in [-0.25, -0.2) is 4.79 Å². The number of carbonyl (C=O) groups excluding carboxylic acids is 2. The van der Waals surface area contributed by atoms with Gasteiger partial charge in [-0.2, -0.15) is 0 Å². The Bertz CT molecular complexity index is 1060. The van der Waals surface area contributed by atoms with Gasteiger partial charge in [0.15, 0.2) is 6.10 Å². The van der Waals surface area contributed by atoms with Crippen molar-refractivity contribution in [1.29, 1.82) is 0 Å². The second kappa shape index (κ2) is 8.82. The van der Waals surface area contributed by atoms with Gasteiger partial charge < -0.3 is 28.8 Å². The highest BCUT2D eigenvalue weighted by Gasteiger charge is 2.51. The average molecular weight is 440 g/mol. The first-order valence-corrected chi connectivity index (χ1v) is 10.2. The number of fused-ring (bicyclic) bond motifs is 3. The summed E-state index contributed by atoms with van der Waals surface area (Å²) in [6.45, 7) is 1.34. The summed E-state index contributed by atoms with van der Waals surface area (Å²) in [4.78, 5) is 24.6. The van der Waals surface area contributed by atoms with Crippen molar-refractivity contribution < 1.29 is 38.4 Å². The van der Waals surface area contributed by atoms with E-state index < -0.39 is 30.1 Å². The van der Waals surface area contributed by atoms with Gasteiger partial charge in [0, 0.05) is 31.0 Å². The highest BCUT2D eigenvalue weighted by molar-refractivity contribution is 5.90. The lowest BCUT2D eigenvalue weighted by molar-refractivity contribution is -0.151. The molecule has 0 saturated heterocycles. The number of benzene rings is 2. The van der Waals surface area contributed by atoms with E-state index in [1.165, 1.54) is 21.1 Å². The topological polar surface area (TPSA) is 101 Å². The van der Waals surface area contributed by atoms with Crippen LogP contribution in [-0.2, 0) is 25.7 Å². The summed E-state index contributed by atoms with van der Waals surface area (Å²) >= 11 is 0. The van der Waals surface area contributed by atoms with Gasteiger partial charge in [-0.15, -0.1) is 0 Å². The normalized spacial score (nSPS) is 21.2. The van der Waals surface area contributed by atoms with Crippen LogP contribution in [0.15, 0.2) is 53.8 Å². The number of aliphatic hydroxyl groups excluding tert-OH is 1. The summed E-state index contributed by atoms with van der Waals surface area (Å²) in [7, 11) is 3.02. The third kappa shape index (κ3) is 3.95. The van der Waals surface area contributed by atoms with Crippen molar-refractivity contribution in [3.63, 3.8) is 0 Å². The molecule has 8 heteroatoms. The maximum Gasteiger partial charge on any atom is 0.338 e. The van der Waals surface area contributed by atoms with E-state index in [1.807, 2.05) is 30.3 Å². The minimum Gasteiger partial charge on any atom is -0.508 e. The van der Waals surface area contributed by atoms with Crippen LogP contribution in [0.25, 0.3) is 0 Å². The van der Waals surface area contributed by atoms with Gasteiger partial charge in [0.25, 0.3) is 0 Å².